The van der Waals surface area contributed by atoms with Crippen LogP contribution in [-0.2, 0) is 0 Å². The Morgan fingerprint density at radius 1 is 1.53 bits per heavy atom. The van der Waals surface area contributed by atoms with Crippen molar-refractivity contribution >= 4 is 28.4 Å². The van der Waals surface area contributed by atoms with Gasteiger partial charge in [0.2, 0.25) is 5.75 Å². The van der Waals surface area contributed by atoms with Crippen molar-refractivity contribution in [3.8, 4) is 11.5 Å². The summed E-state index contributed by atoms with van der Waals surface area (Å²) in [5, 5.41) is 10.4. The third-order valence-corrected chi connectivity index (χ3v) is 2.24. The van der Waals surface area contributed by atoms with E-state index in [-0.39, 0.29) is 3.70 Å². The van der Waals surface area contributed by atoms with Crippen molar-refractivity contribution in [1.82, 2.24) is 4.98 Å². The van der Waals surface area contributed by atoms with E-state index in [0.29, 0.717) is 0 Å². The smallest absolute Gasteiger partial charge is 0.492 e. The zero-order chi connectivity index (χ0) is 13.2. The second kappa shape index (κ2) is 4.89. The standard InChI is InChI=1S/C7H4F3IN2O4/c1-16-3-2-4(13(14)15)12-6(11)5(3)17-7(8,9)10/h2H,1H3. The average molecular weight is 364 g/mol. The summed E-state index contributed by atoms with van der Waals surface area (Å²) in [5.74, 6) is -1.74. The summed E-state index contributed by atoms with van der Waals surface area (Å²) in [4.78, 5) is 12.9. The highest BCUT2D eigenvalue weighted by Gasteiger charge is 2.35. The minimum Gasteiger partial charge on any atom is -0.492 e. The Hall–Kier alpha value is -1.33. The molecule has 1 aromatic heterocycles. The highest BCUT2D eigenvalue weighted by Crippen LogP contribution is 2.37. The lowest BCUT2D eigenvalue weighted by Gasteiger charge is -2.11. The van der Waals surface area contributed by atoms with Crippen molar-refractivity contribution < 1.29 is 27.6 Å². The lowest BCUT2D eigenvalue weighted by molar-refractivity contribution is -0.389. The molecule has 0 aromatic carbocycles. The molecule has 1 rings (SSSR count). The van der Waals surface area contributed by atoms with E-state index in [4.69, 9.17) is 0 Å². The van der Waals surface area contributed by atoms with E-state index in [1.807, 2.05) is 0 Å². The van der Waals surface area contributed by atoms with E-state index >= 15 is 0 Å². The molecule has 0 aliphatic carbocycles. The van der Waals surface area contributed by atoms with Gasteiger partial charge in [-0.15, -0.1) is 13.2 Å². The molecule has 10 heteroatoms. The molecule has 0 spiro atoms. The van der Waals surface area contributed by atoms with Crippen LogP contribution in [0.4, 0.5) is 19.0 Å². The molecule has 0 saturated heterocycles. The number of aromatic nitrogens is 1. The Bertz CT molecular complexity index is 451. The zero-order valence-electron chi connectivity index (χ0n) is 8.12. The van der Waals surface area contributed by atoms with Gasteiger partial charge < -0.3 is 19.6 Å². The first kappa shape index (κ1) is 13.7. The highest BCUT2D eigenvalue weighted by molar-refractivity contribution is 14.1. The first-order valence-electron chi connectivity index (χ1n) is 3.89. The van der Waals surface area contributed by atoms with Crippen LogP contribution in [-0.4, -0.2) is 23.4 Å². The number of rotatable bonds is 3. The van der Waals surface area contributed by atoms with Gasteiger partial charge in [0.1, 0.15) is 0 Å². The first-order valence-corrected chi connectivity index (χ1v) is 4.97. The quantitative estimate of drug-likeness (QED) is 0.357. The van der Waals surface area contributed by atoms with Crippen LogP contribution in [0.1, 0.15) is 0 Å². The van der Waals surface area contributed by atoms with Gasteiger partial charge in [-0.3, -0.25) is 0 Å². The van der Waals surface area contributed by atoms with Gasteiger partial charge in [0.05, 0.1) is 13.2 Å². The van der Waals surface area contributed by atoms with Crippen LogP contribution < -0.4 is 9.47 Å². The average Bonchev–Trinajstić information content (AvgIpc) is 2.18. The summed E-state index contributed by atoms with van der Waals surface area (Å²) in [7, 11) is 1.07. The molecule has 0 radical (unpaired) electrons. The molecule has 0 aliphatic rings. The second-order valence-electron chi connectivity index (χ2n) is 2.61. The van der Waals surface area contributed by atoms with Gasteiger partial charge in [0.15, 0.2) is 5.75 Å². The molecular formula is C7H4F3IN2O4. The van der Waals surface area contributed by atoms with Crippen LogP contribution in [0.15, 0.2) is 6.07 Å². The summed E-state index contributed by atoms with van der Waals surface area (Å²) in [6.07, 6.45) is -4.93. The number of ether oxygens (including phenoxy) is 2. The van der Waals surface area contributed by atoms with Crippen LogP contribution in [0.3, 0.4) is 0 Å². The Morgan fingerprint density at radius 3 is 2.53 bits per heavy atom. The molecule has 0 N–H and O–H groups in total. The molecule has 0 amide bonds. The molecule has 17 heavy (non-hydrogen) atoms. The topological polar surface area (TPSA) is 74.5 Å². The van der Waals surface area contributed by atoms with Crippen molar-refractivity contribution in [1.29, 1.82) is 0 Å². The molecule has 0 unspecified atom stereocenters. The first-order chi connectivity index (χ1) is 7.74. The zero-order valence-corrected chi connectivity index (χ0v) is 10.3. The molecule has 0 saturated carbocycles. The number of hydrogen-bond acceptors (Lipinski definition) is 5. The Morgan fingerprint density at radius 2 is 2.12 bits per heavy atom. The van der Waals surface area contributed by atoms with E-state index in [2.05, 4.69) is 14.5 Å². The molecule has 0 aliphatic heterocycles. The van der Waals surface area contributed by atoms with E-state index in [0.717, 1.165) is 13.2 Å². The third kappa shape index (κ3) is 3.57. The van der Waals surface area contributed by atoms with E-state index < -0.39 is 28.6 Å². The number of methoxy groups -OCH3 is 1. The minimum atomic E-state index is -4.93. The summed E-state index contributed by atoms with van der Waals surface area (Å²) >= 11 is 1.39. The summed E-state index contributed by atoms with van der Waals surface area (Å²) in [6, 6.07) is 0.753. The maximum Gasteiger partial charge on any atom is 0.573 e. The minimum absolute atomic E-state index is 0.314. The van der Waals surface area contributed by atoms with Gasteiger partial charge in [-0.25, -0.2) is 0 Å². The van der Waals surface area contributed by atoms with Crippen LogP contribution in [0.2, 0.25) is 0 Å². The van der Waals surface area contributed by atoms with E-state index in [1.54, 1.807) is 0 Å². The van der Waals surface area contributed by atoms with E-state index in [1.165, 1.54) is 22.6 Å². The number of alkyl halides is 3. The van der Waals surface area contributed by atoms with Crippen molar-refractivity contribution in [3.05, 3.63) is 19.9 Å². The summed E-state index contributed by atoms with van der Waals surface area (Å²) in [5.41, 5.74) is 0. The largest absolute Gasteiger partial charge is 0.573 e. The van der Waals surface area contributed by atoms with Crippen molar-refractivity contribution in [2.24, 2.45) is 0 Å². The number of pyridine rings is 1. The molecule has 0 fully saturated rings. The van der Waals surface area contributed by atoms with Crippen molar-refractivity contribution in [2.75, 3.05) is 7.11 Å². The van der Waals surface area contributed by atoms with Crippen molar-refractivity contribution in [3.63, 3.8) is 0 Å². The fourth-order valence-corrected chi connectivity index (χ4v) is 1.54. The Balaban J connectivity index is 3.26. The van der Waals surface area contributed by atoms with Crippen LogP contribution >= 0.6 is 22.6 Å². The fourth-order valence-electron chi connectivity index (χ4n) is 0.921. The fraction of sp³-hybridized carbons (Fsp3) is 0.286. The van der Waals surface area contributed by atoms with Gasteiger partial charge in [-0.2, -0.15) is 0 Å². The lowest BCUT2D eigenvalue weighted by Crippen LogP contribution is -2.19. The SMILES string of the molecule is COc1cc([N+](=O)[O-])nc(I)c1OC(F)(F)F. The third-order valence-electron chi connectivity index (χ3n) is 1.51. The molecule has 0 bridgehead atoms. The number of nitrogens with zero attached hydrogens (tertiary/aromatic N) is 2. The number of nitro groups is 1. The molecule has 1 heterocycles. The van der Waals surface area contributed by atoms with Gasteiger partial charge in [0, 0.05) is 22.6 Å². The predicted molar refractivity (Wildman–Crippen MR) is 56.8 cm³/mol. The van der Waals surface area contributed by atoms with Gasteiger partial charge in [-0.05, 0) is 9.91 Å². The van der Waals surface area contributed by atoms with Crippen LogP contribution in [0, 0.1) is 13.8 Å². The summed E-state index contributed by atoms with van der Waals surface area (Å²) in [6.45, 7) is 0. The number of hydrogen-bond donors (Lipinski definition) is 0. The Labute approximate surface area is 106 Å². The normalized spacial score (nSPS) is 11.1. The van der Waals surface area contributed by atoms with Gasteiger partial charge in [-0.1, -0.05) is 0 Å². The number of halogens is 4. The predicted octanol–water partition coefficient (Wildman–Crippen LogP) is 2.50. The monoisotopic (exact) mass is 364 g/mol. The van der Waals surface area contributed by atoms with Crippen LogP contribution in [0.25, 0.3) is 0 Å². The highest BCUT2D eigenvalue weighted by atomic mass is 127. The molecular weight excluding hydrogens is 360 g/mol. The van der Waals surface area contributed by atoms with Crippen molar-refractivity contribution in [2.45, 2.75) is 6.36 Å². The molecule has 0 atom stereocenters. The molecule has 94 valence electrons. The van der Waals surface area contributed by atoms with E-state index in [9.17, 15) is 23.3 Å². The second-order valence-corrected chi connectivity index (χ2v) is 3.63. The maximum atomic E-state index is 12.1. The van der Waals surface area contributed by atoms with Gasteiger partial charge in [0.25, 0.3) is 3.70 Å². The lowest BCUT2D eigenvalue weighted by atomic mass is 10.4. The summed E-state index contributed by atoms with van der Waals surface area (Å²) < 4.78 is 44.1. The molecule has 1 aromatic rings. The Kier molecular flexibility index (Phi) is 3.95. The molecule has 6 nitrogen and oxygen atoms in total. The maximum absolute atomic E-state index is 12.1. The van der Waals surface area contributed by atoms with Crippen LogP contribution in [0.5, 0.6) is 11.5 Å². The van der Waals surface area contributed by atoms with Gasteiger partial charge >= 0.3 is 12.2 Å².